The summed E-state index contributed by atoms with van der Waals surface area (Å²) < 4.78 is 0. The third kappa shape index (κ3) is 4.13. The van der Waals surface area contributed by atoms with Crippen molar-refractivity contribution >= 4 is 35.3 Å². The number of aromatic nitrogens is 1. The Balaban J connectivity index is 1.49. The molecule has 1 aromatic heterocycles. The molecule has 0 unspecified atom stereocenters. The van der Waals surface area contributed by atoms with Crippen molar-refractivity contribution in [1.82, 2.24) is 10.3 Å². The Hall–Kier alpha value is -3.38. The molecular weight excluding hydrogens is 370 g/mol. The molecule has 0 atom stereocenters. The van der Waals surface area contributed by atoms with Crippen molar-refractivity contribution in [2.75, 3.05) is 5.32 Å². The molecular formula is C22H17N3O2S. The fraction of sp³-hybridized carbons (Fsp3) is 0.0455. The lowest BCUT2D eigenvalue weighted by atomic mass is 10.1. The van der Waals surface area contributed by atoms with Gasteiger partial charge in [0.1, 0.15) is 0 Å². The summed E-state index contributed by atoms with van der Waals surface area (Å²) in [5, 5.41) is 5.72. The van der Waals surface area contributed by atoms with Gasteiger partial charge in [0.2, 0.25) is 0 Å². The van der Waals surface area contributed by atoms with Crippen molar-refractivity contribution < 1.29 is 9.59 Å². The Bertz CT molecular complexity index is 1050. The molecule has 2 N–H and O–H groups in total. The van der Waals surface area contributed by atoms with Crippen molar-refractivity contribution in [3.05, 3.63) is 94.7 Å². The van der Waals surface area contributed by atoms with Crippen LogP contribution in [0.25, 0.3) is 6.08 Å². The van der Waals surface area contributed by atoms with E-state index in [0.29, 0.717) is 22.7 Å². The molecule has 2 aromatic carbocycles. The van der Waals surface area contributed by atoms with Gasteiger partial charge in [-0.3, -0.25) is 14.6 Å². The van der Waals surface area contributed by atoms with Gasteiger partial charge in [0.05, 0.1) is 22.8 Å². The van der Waals surface area contributed by atoms with Crippen LogP contribution in [0.4, 0.5) is 5.69 Å². The average molecular weight is 387 g/mol. The molecule has 4 rings (SSSR count). The molecule has 3 aromatic rings. The van der Waals surface area contributed by atoms with Crippen molar-refractivity contribution in [2.45, 2.75) is 11.4 Å². The van der Waals surface area contributed by atoms with Crippen LogP contribution >= 0.6 is 11.8 Å². The minimum absolute atomic E-state index is 0.174. The first kappa shape index (κ1) is 18.0. The molecule has 0 bridgehead atoms. The highest BCUT2D eigenvalue weighted by atomic mass is 32.2. The molecule has 2 amide bonds. The number of carbonyl (C=O) groups is 2. The number of nitrogens with one attached hydrogen (secondary N) is 2. The Kier molecular flexibility index (Phi) is 5.21. The van der Waals surface area contributed by atoms with Gasteiger partial charge in [-0.2, -0.15) is 0 Å². The van der Waals surface area contributed by atoms with Crippen LogP contribution < -0.4 is 10.6 Å². The number of benzene rings is 2. The molecule has 28 heavy (non-hydrogen) atoms. The molecule has 5 nitrogen and oxygen atoms in total. The smallest absolute Gasteiger partial charge is 0.262 e. The monoisotopic (exact) mass is 387 g/mol. The quantitative estimate of drug-likeness (QED) is 0.662. The van der Waals surface area contributed by atoms with Gasteiger partial charge in [-0.15, -0.1) is 0 Å². The third-order valence-corrected chi connectivity index (χ3v) is 5.29. The molecule has 6 heteroatoms. The number of hydrogen-bond donors (Lipinski definition) is 2. The molecule has 0 fully saturated rings. The van der Waals surface area contributed by atoms with Gasteiger partial charge in [0.25, 0.3) is 11.8 Å². The molecule has 2 heterocycles. The zero-order chi connectivity index (χ0) is 19.3. The van der Waals surface area contributed by atoms with Gasteiger partial charge >= 0.3 is 0 Å². The van der Waals surface area contributed by atoms with E-state index in [9.17, 15) is 9.59 Å². The highest BCUT2D eigenvalue weighted by Gasteiger charge is 2.22. The van der Waals surface area contributed by atoms with Crippen molar-refractivity contribution in [3.63, 3.8) is 0 Å². The number of anilines is 1. The van der Waals surface area contributed by atoms with Gasteiger partial charge < -0.3 is 10.6 Å². The van der Waals surface area contributed by atoms with Crippen LogP contribution in [0.1, 0.15) is 21.6 Å². The van der Waals surface area contributed by atoms with Gasteiger partial charge in [-0.05, 0) is 42.0 Å². The van der Waals surface area contributed by atoms with Crippen LogP contribution in [0.15, 0.2) is 82.7 Å². The zero-order valence-electron chi connectivity index (χ0n) is 14.9. The molecule has 0 saturated heterocycles. The number of amides is 2. The molecule has 0 saturated carbocycles. The number of nitrogens with zero attached hydrogens (tertiary/aromatic N) is 1. The Morgan fingerprint density at radius 1 is 1.07 bits per heavy atom. The first-order chi connectivity index (χ1) is 13.7. The number of carbonyl (C=O) groups excluding carboxylic acids is 2. The molecule has 0 radical (unpaired) electrons. The van der Waals surface area contributed by atoms with Crippen molar-refractivity contribution in [3.8, 4) is 0 Å². The highest BCUT2D eigenvalue weighted by Crippen LogP contribution is 2.39. The summed E-state index contributed by atoms with van der Waals surface area (Å²) in [4.78, 5) is 30.6. The summed E-state index contributed by atoms with van der Waals surface area (Å²) in [7, 11) is 0. The number of fused-ring (bicyclic) bond motifs is 1. The van der Waals surface area contributed by atoms with E-state index in [-0.39, 0.29) is 11.8 Å². The maximum atomic E-state index is 12.4. The minimum atomic E-state index is -0.210. The normalized spacial score (nSPS) is 14.3. The lowest BCUT2D eigenvalue weighted by Gasteiger charge is -2.19. The van der Waals surface area contributed by atoms with Crippen molar-refractivity contribution in [1.29, 1.82) is 0 Å². The van der Waals surface area contributed by atoms with Gasteiger partial charge in [0.15, 0.2) is 0 Å². The second kappa shape index (κ2) is 8.10. The standard InChI is InChI=1S/C22H17N3O2S/c26-21(24-14-17-8-4-5-11-23-17)16-9-10-19-18(13-16)25-22(27)20(28-19)12-15-6-2-1-3-7-15/h1-13H,14H2,(H,24,26)(H,25,27)/b20-12-. The Morgan fingerprint density at radius 2 is 1.89 bits per heavy atom. The summed E-state index contributed by atoms with van der Waals surface area (Å²) in [6.07, 6.45) is 3.55. The fourth-order valence-electron chi connectivity index (χ4n) is 2.78. The van der Waals surface area contributed by atoms with Gasteiger partial charge in [-0.1, -0.05) is 48.2 Å². The topological polar surface area (TPSA) is 71.1 Å². The van der Waals surface area contributed by atoms with E-state index < -0.39 is 0 Å². The molecule has 1 aliphatic rings. The van der Waals surface area contributed by atoms with E-state index in [1.54, 1.807) is 18.3 Å². The predicted molar refractivity (Wildman–Crippen MR) is 111 cm³/mol. The van der Waals surface area contributed by atoms with Crippen molar-refractivity contribution in [2.24, 2.45) is 0 Å². The lowest BCUT2D eigenvalue weighted by molar-refractivity contribution is -0.112. The number of rotatable bonds is 4. The van der Waals surface area contributed by atoms with Crippen LogP contribution in [0.3, 0.4) is 0 Å². The lowest BCUT2D eigenvalue weighted by Crippen LogP contribution is -2.24. The summed E-state index contributed by atoms with van der Waals surface area (Å²) in [5.74, 6) is -0.384. The Morgan fingerprint density at radius 3 is 2.68 bits per heavy atom. The highest BCUT2D eigenvalue weighted by molar-refractivity contribution is 8.04. The summed E-state index contributed by atoms with van der Waals surface area (Å²) in [6.45, 7) is 0.349. The largest absolute Gasteiger partial charge is 0.346 e. The average Bonchev–Trinajstić information content (AvgIpc) is 2.74. The van der Waals surface area contributed by atoms with Gasteiger partial charge in [0, 0.05) is 16.7 Å². The van der Waals surface area contributed by atoms with E-state index in [0.717, 1.165) is 16.2 Å². The summed E-state index contributed by atoms with van der Waals surface area (Å²) >= 11 is 1.40. The maximum absolute atomic E-state index is 12.4. The minimum Gasteiger partial charge on any atom is -0.346 e. The molecule has 0 aliphatic carbocycles. The molecule has 0 spiro atoms. The van der Waals surface area contributed by atoms with Crippen LogP contribution in [0.2, 0.25) is 0 Å². The number of hydrogen-bond acceptors (Lipinski definition) is 4. The SMILES string of the molecule is O=C1Nc2cc(C(=O)NCc3ccccn3)ccc2S/C1=C\c1ccccc1. The maximum Gasteiger partial charge on any atom is 0.262 e. The fourth-order valence-corrected chi connectivity index (χ4v) is 3.71. The molecule has 138 valence electrons. The summed E-state index contributed by atoms with van der Waals surface area (Å²) in [6, 6.07) is 20.6. The number of thioether (sulfide) groups is 1. The van der Waals surface area contributed by atoms with Crippen LogP contribution in [0.5, 0.6) is 0 Å². The van der Waals surface area contributed by atoms with E-state index in [2.05, 4.69) is 15.6 Å². The third-order valence-electron chi connectivity index (χ3n) is 4.19. The number of pyridine rings is 1. The van der Waals surface area contributed by atoms with Crippen LogP contribution in [-0.2, 0) is 11.3 Å². The van der Waals surface area contributed by atoms with E-state index in [1.807, 2.05) is 60.7 Å². The molecule has 1 aliphatic heterocycles. The van der Waals surface area contributed by atoms with Gasteiger partial charge in [-0.25, -0.2) is 0 Å². The zero-order valence-corrected chi connectivity index (χ0v) is 15.7. The van der Waals surface area contributed by atoms with Crippen LogP contribution in [-0.4, -0.2) is 16.8 Å². The second-order valence-electron chi connectivity index (χ2n) is 6.19. The van der Waals surface area contributed by atoms with E-state index >= 15 is 0 Å². The predicted octanol–water partition coefficient (Wildman–Crippen LogP) is 4.10. The van der Waals surface area contributed by atoms with E-state index in [4.69, 9.17) is 0 Å². The Labute approximate surface area is 166 Å². The van der Waals surface area contributed by atoms with Crippen LogP contribution in [0, 0.1) is 0 Å². The second-order valence-corrected chi connectivity index (χ2v) is 7.27. The first-order valence-corrected chi connectivity index (χ1v) is 9.59. The first-order valence-electron chi connectivity index (χ1n) is 8.77. The van der Waals surface area contributed by atoms with E-state index in [1.165, 1.54) is 11.8 Å². The summed E-state index contributed by atoms with van der Waals surface area (Å²) in [5.41, 5.74) is 2.89.